The Morgan fingerprint density at radius 2 is 1.79 bits per heavy atom. The smallest absolute Gasteiger partial charge is 0.0899 e. The number of nitrogens with zero attached hydrogens (tertiary/aromatic N) is 2. The molecule has 2 rings (SSSR count). The second-order valence-electron chi connectivity index (χ2n) is 5.89. The molecule has 1 aromatic heterocycles. The molecule has 0 aliphatic heterocycles. The zero-order valence-corrected chi connectivity index (χ0v) is 12.0. The van der Waals surface area contributed by atoms with E-state index in [1.54, 1.807) is 4.68 Å². The first kappa shape index (κ1) is 13.8. The lowest BCUT2D eigenvalue weighted by Crippen LogP contribution is -2.29. The maximum absolute atomic E-state index is 5.67. The van der Waals surface area contributed by atoms with E-state index in [2.05, 4.69) is 55.6 Å². The summed E-state index contributed by atoms with van der Waals surface area (Å²) < 4.78 is 1.78. The van der Waals surface area contributed by atoms with Gasteiger partial charge in [0.05, 0.1) is 11.7 Å². The summed E-state index contributed by atoms with van der Waals surface area (Å²) in [4.78, 5) is 0. The van der Waals surface area contributed by atoms with Gasteiger partial charge in [0.2, 0.25) is 0 Å². The van der Waals surface area contributed by atoms with Gasteiger partial charge in [-0.05, 0) is 22.6 Å². The molecule has 2 aromatic rings. The molecule has 3 N–H and O–H groups in total. The number of aryl methyl sites for hydroxylation is 1. The molecule has 0 amide bonds. The number of aromatic nitrogens is 2. The minimum Gasteiger partial charge on any atom is -0.275 e. The van der Waals surface area contributed by atoms with E-state index in [0.717, 1.165) is 11.3 Å². The zero-order chi connectivity index (χ0) is 14.0. The Hall–Kier alpha value is -1.65. The molecule has 0 saturated carbocycles. The number of nitrogens with two attached hydrogens (primary N) is 1. The summed E-state index contributed by atoms with van der Waals surface area (Å²) in [5.41, 5.74) is 6.35. The van der Waals surface area contributed by atoms with Crippen molar-refractivity contribution >= 4 is 0 Å². The number of rotatable bonds is 3. The van der Waals surface area contributed by atoms with Crippen molar-refractivity contribution in [1.29, 1.82) is 0 Å². The standard InChI is InChI=1S/C15H22N4/c1-15(2,3)12-7-5-11(6-8-12)14(17-16)13-9-10-19(4)18-13/h5-10,14,17H,16H2,1-4H3. The van der Waals surface area contributed by atoms with E-state index in [1.165, 1.54) is 5.56 Å². The molecule has 0 aliphatic rings. The Bertz CT molecular complexity index is 534. The van der Waals surface area contributed by atoms with Crippen molar-refractivity contribution in [2.75, 3.05) is 0 Å². The van der Waals surface area contributed by atoms with E-state index >= 15 is 0 Å². The summed E-state index contributed by atoms with van der Waals surface area (Å²) in [7, 11) is 1.90. The zero-order valence-electron chi connectivity index (χ0n) is 12.0. The summed E-state index contributed by atoms with van der Waals surface area (Å²) >= 11 is 0. The molecule has 1 atom stereocenters. The van der Waals surface area contributed by atoms with Gasteiger partial charge in [0.1, 0.15) is 0 Å². The van der Waals surface area contributed by atoms with Crippen LogP contribution >= 0.6 is 0 Å². The van der Waals surface area contributed by atoms with Gasteiger partial charge < -0.3 is 0 Å². The first-order valence-corrected chi connectivity index (χ1v) is 6.48. The van der Waals surface area contributed by atoms with Crippen molar-refractivity contribution in [1.82, 2.24) is 15.2 Å². The van der Waals surface area contributed by atoms with Gasteiger partial charge in [0.15, 0.2) is 0 Å². The number of hydrazine groups is 1. The van der Waals surface area contributed by atoms with Gasteiger partial charge in [-0.15, -0.1) is 0 Å². The summed E-state index contributed by atoms with van der Waals surface area (Å²) in [6.07, 6.45) is 1.92. The Kier molecular flexibility index (Phi) is 3.73. The molecule has 1 unspecified atom stereocenters. The minimum absolute atomic E-state index is 0.0739. The monoisotopic (exact) mass is 258 g/mol. The van der Waals surface area contributed by atoms with Crippen molar-refractivity contribution in [3.8, 4) is 0 Å². The van der Waals surface area contributed by atoms with Crippen LogP contribution in [0.2, 0.25) is 0 Å². The first-order valence-electron chi connectivity index (χ1n) is 6.48. The maximum Gasteiger partial charge on any atom is 0.0899 e. The lowest BCUT2D eigenvalue weighted by Gasteiger charge is -2.20. The highest BCUT2D eigenvalue weighted by atomic mass is 15.3. The average Bonchev–Trinajstić information content (AvgIpc) is 2.76. The van der Waals surface area contributed by atoms with Crippen molar-refractivity contribution in [3.63, 3.8) is 0 Å². The van der Waals surface area contributed by atoms with Crippen LogP contribution in [-0.2, 0) is 12.5 Å². The molecule has 4 nitrogen and oxygen atoms in total. The molecule has 0 saturated heterocycles. The highest BCUT2D eigenvalue weighted by Crippen LogP contribution is 2.25. The largest absolute Gasteiger partial charge is 0.275 e. The Morgan fingerprint density at radius 1 is 1.16 bits per heavy atom. The normalized spacial score (nSPS) is 13.5. The van der Waals surface area contributed by atoms with Crippen LogP contribution in [0.4, 0.5) is 0 Å². The Balaban J connectivity index is 2.30. The van der Waals surface area contributed by atoms with Gasteiger partial charge in [-0.2, -0.15) is 5.10 Å². The lowest BCUT2D eigenvalue weighted by molar-refractivity contribution is 0.585. The van der Waals surface area contributed by atoms with Crippen LogP contribution in [0, 0.1) is 0 Å². The molecule has 0 bridgehead atoms. The SMILES string of the molecule is Cn1ccc(C(NN)c2ccc(C(C)(C)C)cc2)n1. The molecule has 19 heavy (non-hydrogen) atoms. The number of nitrogens with one attached hydrogen (secondary N) is 1. The number of benzene rings is 1. The third-order valence-corrected chi connectivity index (χ3v) is 3.31. The summed E-state index contributed by atoms with van der Waals surface area (Å²) in [6, 6.07) is 10.4. The average molecular weight is 258 g/mol. The van der Waals surface area contributed by atoms with Crippen LogP contribution in [-0.4, -0.2) is 9.78 Å². The Morgan fingerprint density at radius 3 is 2.21 bits per heavy atom. The van der Waals surface area contributed by atoms with Gasteiger partial charge in [-0.1, -0.05) is 45.0 Å². The summed E-state index contributed by atoms with van der Waals surface area (Å²) in [5.74, 6) is 5.67. The molecule has 1 heterocycles. The van der Waals surface area contributed by atoms with E-state index in [0.29, 0.717) is 0 Å². The minimum atomic E-state index is -0.0739. The summed E-state index contributed by atoms with van der Waals surface area (Å²) in [6.45, 7) is 6.62. The quantitative estimate of drug-likeness (QED) is 0.656. The highest BCUT2D eigenvalue weighted by molar-refractivity contribution is 5.32. The molecule has 102 valence electrons. The number of hydrogen-bond donors (Lipinski definition) is 2. The summed E-state index contributed by atoms with van der Waals surface area (Å²) in [5, 5.41) is 4.40. The lowest BCUT2D eigenvalue weighted by atomic mass is 9.86. The van der Waals surface area contributed by atoms with Gasteiger partial charge in [-0.3, -0.25) is 10.5 Å². The predicted octanol–water partition coefficient (Wildman–Crippen LogP) is 2.27. The van der Waals surface area contributed by atoms with Gasteiger partial charge in [-0.25, -0.2) is 5.43 Å². The van der Waals surface area contributed by atoms with Crippen molar-refractivity contribution in [3.05, 3.63) is 53.3 Å². The third-order valence-electron chi connectivity index (χ3n) is 3.31. The molecule has 0 spiro atoms. The Labute approximate surface area is 114 Å². The van der Waals surface area contributed by atoms with E-state index in [-0.39, 0.29) is 11.5 Å². The van der Waals surface area contributed by atoms with E-state index in [9.17, 15) is 0 Å². The van der Waals surface area contributed by atoms with Crippen LogP contribution in [0.1, 0.15) is 43.6 Å². The number of hydrogen-bond acceptors (Lipinski definition) is 3. The fraction of sp³-hybridized carbons (Fsp3) is 0.400. The predicted molar refractivity (Wildman–Crippen MR) is 77.5 cm³/mol. The molecule has 0 fully saturated rings. The van der Waals surface area contributed by atoms with Crippen molar-refractivity contribution in [2.45, 2.75) is 32.2 Å². The van der Waals surface area contributed by atoms with Gasteiger partial charge in [0.25, 0.3) is 0 Å². The molecular weight excluding hydrogens is 236 g/mol. The van der Waals surface area contributed by atoms with Crippen LogP contribution in [0.15, 0.2) is 36.5 Å². The van der Waals surface area contributed by atoms with E-state index in [4.69, 9.17) is 5.84 Å². The second kappa shape index (κ2) is 5.15. The van der Waals surface area contributed by atoms with E-state index < -0.39 is 0 Å². The fourth-order valence-corrected chi connectivity index (χ4v) is 2.11. The maximum atomic E-state index is 5.67. The highest BCUT2D eigenvalue weighted by Gasteiger charge is 2.17. The van der Waals surface area contributed by atoms with Gasteiger partial charge >= 0.3 is 0 Å². The van der Waals surface area contributed by atoms with Crippen LogP contribution in [0.3, 0.4) is 0 Å². The second-order valence-corrected chi connectivity index (χ2v) is 5.89. The van der Waals surface area contributed by atoms with Gasteiger partial charge in [0, 0.05) is 13.2 Å². The molecule has 0 aliphatic carbocycles. The van der Waals surface area contributed by atoms with Crippen LogP contribution < -0.4 is 11.3 Å². The van der Waals surface area contributed by atoms with Crippen LogP contribution in [0.5, 0.6) is 0 Å². The molecule has 0 radical (unpaired) electrons. The first-order chi connectivity index (χ1) is 8.91. The van der Waals surface area contributed by atoms with Crippen molar-refractivity contribution < 1.29 is 0 Å². The molecule has 4 heteroatoms. The molecule has 1 aromatic carbocycles. The van der Waals surface area contributed by atoms with E-state index in [1.807, 2.05) is 19.3 Å². The topological polar surface area (TPSA) is 55.9 Å². The van der Waals surface area contributed by atoms with Crippen LogP contribution in [0.25, 0.3) is 0 Å². The molecular formula is C15H22N4. The fourth-order valence-electron chi connectivity index (χ4n) is 2.11. The van der Waals surface area contributed by atoms with Crippen molar-refractivity contribution in [2.24, 2.45) is 12.9 Å². The third kappa shape index (κ3) is 3.03.